The summed E-state index contributed by atoms with van der Waals surface area (Å²) >= 11 is 7.70. The van der Waals surface area contributed by atoms with Gasteiger partial charge in [0, 0.05) is 10.7 Å². The van der Waals surface area contributed by atoms with Gasteiger partial charge in [-0.2, -0.15) is 0 Å². The largest absolute Gasteiger partial charge is 0.493 e. The molecule has 32 heavy (non-hydrogen) atoms. The third-order valence-electron chi connectivity index (χ3n) is 5.68. The number of methoxy groups -OCH3 is 1. The van der Waals surface area contributed by atoms with Gasteiger partial charge in [-0.05, 0) is 60.9 Å². The molecule has 8 heteroatoms. The lowest BCUT2D eigenvalue weighted by atomic mass is 9.93. The Kier molecular flexibility index (Phi) is 6.67. The summed E-state index contributed by atoms with van der Waals surface area (Å²) in [6, 6.07) is 12.6. The van der Waals surface area contributed by atoms with Gasteiger partial charge in [-0.3, -0.25) is 9.69 Å². The number of benzene rings is 2. The first kappa shape index (κ1) is 22.6. The Morgan fingerprint density at radius 3 is 2.53 bits per heavy atom. The van der Waals surface area contributed by atoms with Gasteiger partial charge in [0.2, 0.25) is 0 Å². The van der Waals surface area contributed by atoms with E-state index in [0.29, 0.717) is 21.4 Å². The number of carboxylic acid groups (broad SMARTS) is 1. The summed E-state index contributed by atoms with van der Waals surface area (Å²) < 4.78 is 10.6. The first-order valence-electron chi connectivity index (χ1n) is 10.5. The van der Waals surface area contributed by atoms with Crippen molar-refractivity contribution in [3.05, 3.63) is 58.0 Å². The fourth-order valence-electron chi connectivity index (χ4n) is 4.24. The summed E-state index contributed by atoms with van der Waals surface area (Å²) in [4.78, 5) is 26.7. The van der Waals surface area contributed by atoms with Crippen molar-refractivity contribution in [3.63, 3.8) is 0 Å². The molecule has 1 heterocycles. The van der Waals surface area contributed by atoms with Crippen LogP contribution >= 0.6 is 23.4 Å². The van der Waals surface area contributed by atoms with Crippen LogP contribution in [0.25, 0.3) is 6.08 Å². The number of hydrogen-bond acceptors (Lipinski definition) is 5. The second-order valence-corrected chi connectivity index (χ2v) is 9.67. The highest BCUT2D eigenvalue weighted by molar-refractivity contribution is 8.06. The van der Waals surface area contributed by atoms with E-state index in [9.17, 15) is 9.59 Å². The number of thioether (sulfide) groups is 1. The minimum absolute atomic E-state index is 0.0237. The first-order chi connectivity index (χ1) is 15.4. The molecule has 1 N–H and O–H groups in total. The van der Waals surface area contributed by atoms with Crippen LogP contribution in [0.5, 0.6) is 11.5 Å². The smallest absolute Gasteiger partial charge is 0.341 e. The molecule has 2 aliphatic rings. The van der Waals surface area contributed by atoms with Gasteiger partial charge in [-0.1, -0.05) is 48.7 Å². The van der Waals surface area contributed by atoms with Crippen molar-refractivity contribution in [1.82, 2.24) is 0 Å². The predicted octanol–water partition coefficient (Wildman–Crippen LogP) is 5.59. The van der Waals surface area contributed by atoms with Crippen molar-refractivity contribution in [3.8, 4) is 11.5 Å². The number of halogens is 1. The van der Waals surface area contributed by atoms with Gasteiger partial charge in [0.1, 0.15) is 0 Å². The minimum Gasteiger partial charge on any atom is -0.493 e. The molecule has 2 aromatic rings. The lowest BCUT2D eigenvalue weighted by Crippen LogP contribution is -2.45. The maximum absolute atomic E-state index is 13.6. The third kappa shape index (κ3) is 4.59. The standard InChI is InChI=1S/C24H24ClNO5S/c1-30-20-13-16(5-10-19(20)31-15-22(27)28)14-21-23(29)26(18-8-6-17(25)7-9-18)24(32-21)11-3-2-4-12-24/h5-10,13-14H,2-4,11-12,15H2,1H3,(H,27,28). The zero-order valence-corrected chi connectivity index (χ0v) is 19.2. The summed E-state index contributed by atoms with van der Waals surface area (Å²) in [7, 11) is 1.49. The van der Waals surface area contributed by atoms with Crippen LogP contribution in [0.15, 0.2) is 47.4 Å². The molecule has 1 aliphatic carbocycles. The molecule has 1 aliphatic heterocycles. The van der Waals surface area contributed by atoms with Crippen LogP contribution in [0.2, 0.25) is 5.02 Å². The van der Waals surface area contributed by atoms with Crippen LogP contribution in [-0.4, -0.2) is 35.6 Å². The summed E-state index contributed by atoms with van der Waals surface area (Å²) in [5.41, 5.74) is 1.64. The van der Waals surface area contributed by atoms with E-state index >= 15 is 0 Å². The molecule has 1 amide bonds. The molecule has 1 saturated carbocycles. The Balaban J connectivity index is 1.67. The van der Waals surface area contributed by atoms with Crippen LogP contribution < -0.4 is 14.4 Å². The lowest BCUT2D eigenvalue weighted by Gasteiger charge is -2.40. The molecule has 1 saturated heterocycles. The molecule has 0 aromatic heterocycles. The predicted molar refractivity (Wildman–Crippen MR) is 126 cm³/mol. The summed E-state index contributed by atoms with van der Waals surface area (Å²) in [5.74, 6) is -0.331. The zero-order valence-electron chi connectivity index (χ0n) is 17.7. The molecule has 4 rings (SSSR count). The summed E-state index contributed by atoms with van der Waals surface area (Å²) in [5, 5.41) is 9.48. The van der Waals surface area contributed by atoms with Crippen LogP contribution in [0, 0.1) is 0 Å². The van der Waals surface area contributed by atoms with E-state index in [0.717, 1.165) is 36.9 Å². The SMILES string of the molecule is COc1cc(C=C2SC3(CCCCC3)N(c3ccc(Cl)cc3)C2=O)ccc1OCC(=O)O. The lowest BCUT2D eigenvalue weighted by molar-refractivity contribution is -0.139. The van der Waals surface area contributed by atoms with E-state index in [4.69, 9.17) is 26.2 Å². The molecule has 6 nitrogen and oxygen atoms in total. The van der Waals surface area contributed by atoms with Crippen molar-refractivity contribution >= 4 is 47.0 Å². The molecule has 2 aromatic carbocycles. The third-order valence-corrected chi connectivity index (χ3v) is 7.41. The number of rotatable bonds is 6. The second kappa shape index (κ2) is 9.46. The van der Waals surface area contributed by atoms with Gasteiger partial charge in [0.05, 0.1) is 16.9 Å². The van der Waals surface area contributed by atoms with Crippen molar-refractivity contribution in [2.75, 3.05) is 18.6 Å². The molecule has 0 unspecified atom stereocenters. The maximum Gasteiger partial charge on any atom is 0.341 e. The number of aliphatic carboxylic acids is 1. The van der Waals surface area contributed by atoms with E-state index < -0.39 is 12.6 Å². The molecule has 168 valence electrons. The number of hydrogen-bond donors (Lipinski definition) is 1. The van der Waals surface area contributed by atoms with Gasteiger partial charge in [-0.25, -0.2) is 4.79 Å². The fraction of sp³-hybridized carbons (Fsp3) is 0.333. The normalized spacial score (nSPS) is 18.9. The Morgan fingerprint density at radius 2 is 1.88 bits per heavy atom. The Hall–Kier alpha value is -2.64. The van der Waals surface area contributed by atoms with Crippen LogP contribution in [0.3, 0.4) is 0 Å². The number of ether oxygens (including phenoxy) is 2. The number of nitrogens with zero attached hydrogens (tertiary/aromatic N) is 1. The number of carbonyl (C=O) groups is 2. The number of carbonyl (C=O) groups excluding carboxylic acids is 1. The number of carboxylic acids is 1. The van der Waals surface area contributed by atoms with Crippen molar-refractivity contribution in [1.29, 1.82) is 0 Å². The molecule has 0 atom stereocenters. The highest BCUT2D eigenvalue weighted by Crippen LogP contribution is 2.54. The second-order valence-electron chi connectivity index (χ2n) is 7.83. The van der Waals surface area contributed by atoms with Crippen molar-refractivity contribution in [2.45, 2.75) is 37.0 Å². The van der Waals surface area contributed by atoms with E-state index in [1.165, 1.54) is 13.5 Å². The van der Waals surface area contributed by atoms with Crippen molar-refractivity contribution in [2.24, 2.45) is 0 Å². The molecule has 0 radical (unpaired) electrons. The first-order valence-corrected chi connectivity index (χ1v) is 11.6. The number of anilines is 1. The quantitative estimate of drug-likeness (QED) is 0.551. The van der Waals surface area contributed by atoms with Gasteiger partial charge < -0.3 is 14.6 Å². The number of amides is 1. The summed E-state index contributed by atoms with van der Waals surface area (Å²) in [6.45, 7) is -0.455. The monoisotopic (exact) mass is 473 g/mol. The molecule has 0 bridgehead atoms. The average Bonchev–Trinajstić information content (AvgIpc) is 3.04. The molecular weight excluding hydrogens is 450 g/mol. The van der Waals surface area contributed by atoms with Gasteiger partial charge >= 0.3 is 5.97 Å². The topological polar surface area (TPSA) is 76.1 Å². The van der Waals surface area contributed by atoms with Crippen LogP contribution in [0.1, 0.15) is 37.7 Å². The Morgan fingerprint density at radius 1 is 1.16 bits per heavy atom. The molecular formula is C24H24ClNO5S. The Labute approximate surface area is 196 Å². The van der Waals surface area contributed by atoms with Crippen molar-refractivity contribution < 1.29 is 24.2 Å². The van der Waals surface area contributed by atoms with E-state index in [1.807, 2.05) is 35.2 Å². The highest BCUT2D eigenvalue weighted by Gasteiger charge is 2.50. The van der Waals surface area contributed by atoms with E-state index in [-0.39, 0.29) is 10.8 Å². The minimum atomic E-state index is -1.06. The van der Waals surface area contributed by atoms with Gasteiger partial charge in [0.25, 0.3) is 5.91 Å². The maximum atomic E-state index is 13.6. The van der Waals surface area contributed by atoms with Gasteiger partial charge in [0.15, 0.2) is 18.1 Å². The van der Waals surface area contributed by atoms with Gasteiger partial charge in [-0.15, -0.1) is 0 Å². The zero-order chi connectivity index (χ0) is 22.7. The van der Waals surface area contributed by atoms with Crippen LogP contribution in [-0.2, 0) is 9.59 Å². The average molecular weight is 474 g/mol. The molecule has 2 fully saturated rings. The van der Waals surface area contributed by atoms with E-state index in [2.05, 4.69) is 0 Å². The fourth-order valence-corrected chi connectivity index (χ4v) is 5.92. The Bertz CT molecular complexity index is 1050. The van der Waals surface area contributed by atoms with E-state index in [1.54, 1.807) is 30.0 Å². The molecule has 1 spiro atoms. The summed E-state index contributed by atoms with van der Waals surface area (Å²) in [6.07, 6.45) is 7.09. The highest BCUT2D eigenvalue weighted by atomic mass is 35.5. The van der Waals surface area contributed by atoms with Crippen LogP contribution in [0.4, 0.5) is 5.69 Å².